The fourth-order valence-corrected chi connectivity index (χ4v) is 5.65. The molecule has 4 aromatic heterocycles. The SMILES string of the molecule is CC(O)C(=O)N1CCc2nc(Nc3ncc4c5ccncc5n([C@H]5CC[C@H](C)CC5)c4n3)ccc2C1. The largest absolute Gasteiger partial charge is 0.384 e. The Balaban J connectivity index is 1.31. The highest BCUT2D eigenvalue weighted by atomic mass is 16.3. The van der Waals surface area contributed by atoms with Gasteiger partial charge in [0, 0.05) is 54.4 Å². The van der Waals surface area contributed by atoms with Crippen LogP contribution in [0, 0.1) is 5.92 Å². The molecule has 1 unspecified atom stereocenters. The first-order valence-corrected chi connectivity index (χ1v) is 12.8. The van der Waals surface area contributed by atoms with Crippen molar-refractivity contribution in [3.63, 3.8) is 0 Å². The maximum Gasteiger partial charge on any atom is 0.251 e. The number of nitrogens with one attached hydrogen (secondary N) is 1. The highest BCUT2D eigenvalue weighted by molar-refractivity contribution is 6.06. The summed E-state index contributed by atoms with van der Waals surface area (Å²) in [6, 6.07) is 6.33. The second kappa shape index (κ2) is 9.13. The molecule has 9 nitrogen and oxygen atoms in total. The third-order valence-electron chi connectivity index (χ3n) is 7.65. The van der Waals surface area contributed by atoms with E-state index in [0.717, 1.165) is 52.0 Å². The first-order valence-electron chi connectivity index (χ1n) is 12.8. The van der Waals surface area contributed by atoms with Crippen molar-refractivity contribution in [2.75, 3.05) is 11.9 Å². The summed E-state index contributed by atoms with van der Waals surface area (Å²) >= 11 is 0. The number of hydrogen-bond donors (Lipinski definition) is 2. The standard InChI is InChI=1S/C27H31N7O2/c1-16-3-6-19(7-4-16)34-23-14-28-11-9-20(23)21-13-29-27(32-25(21)34)31-24-8-5-18-15-33(26(36)17(2)35)12-10-22(18)30-24/h5,8-9,11,13-14,16-17,19,35H,3-4,6-7,10,12,15H2,1-2H3,(H,29,30,31,32)/t16-,17?,19-. The Morgan fingerprint density at radius 2 is 1.94 bits per heavy atom. The maximum atomic E-state index is 12.2. The zero-order chi connectivity index (χ0) is 24.8. The predicted molar refractivity (Wildman–Crippen MR) is 138 cm³/mol. The van der Waals surface area contributed by atoms with E-state index in [4.69, 9.17) is 9.97 Å². The van der Waals surface area contributed by atoms with E-state index in [9.17, 15) is 9.90 Å². The van der Waals surface area contributed by atoms with Crippen molar-refractivity contribution in [1.82, 2.24) is 29.4 Å². The molecule has 0 radical (unpaired) electrons. The number of pyridine rings is 2. The van der Waals surface area contributed by atoms with Gasteiger partial charge in [0.2, 0.25) is 5.95 Å². The second-order valence-electron chi connectivity index (χ2n) is 10.2. The molecule has 6 rings (SSSR count). The summed E-state index contributed by atoms with van der Waals surface area (Å²) < 4.78 is 2.37. The molecule has 5 heterocycles. The van der Waals surface area contributed by atoms with Crippen LogP contribution in [0.15, 0.2) is 36.8 Å². The molecule has 1 aliphatic carbocycles. The lowest BCUT2D eigenvalue weighted by atomic mass is 9.87. The number of fused-ring (bicyclic) bond motifs is 4. The molecule has 1 saturated carbocycles. The van der Waals surface area contributed by atoms with Gasteiger partial charge in [-0.05, 0) is 56.2 Å². The van der Waals surface area contributed by atoms with Crippen molar-refractivity contribution in [2.24, 2.45) is 5.92 Å². The number of aliphatic hydroxyl groups excluding tert-OH is 1. The van der Waals surface area contributed by atoms with E-state index in [1.54, 1.807) is 4.90 Å². The van der Waals surface area contributed by atoms with Gasteiger partial charge in [-0.2, -0.15) is 4.98 Å². The van der Waals surface area contributed by atoms with Gasteiger partial charge < -0.3 is 19.9 Å². The highest BCUT2D eigenvalue weighted by Gasteiger charge is 2.26. The average molecular weight is 486 g/mol. The van der Waals surface area contributed by atoms with Crippen LogP contribution in [0.2, 0.25) is 0 Å². The van der Waals surface area contributed by atoms with E-state index in [1.165, 1.54) is 19.8 Å². The molecule has 1 atom stereocenters. The van der Waals surface area contributed by atoms with E-state index in [-0.39, 0.29) is 5.91 Å². The topological polar surface area (TPSA) is 109 Å². The number of aromatic nitrogens is 5. The maximum absolute atomic E-state index is 12.2. The van der Waals surface area contributed by atoms with Crippen LogP contribution in [0.25, 0.3) is 21.9 Å². The first kappa shape index (κ1) is 22.8. The van der Waals surface area contributed by atoms with E-state index in [0.29, 0.717) is 37.3 Å². The van der Waals surface area contributed by atoms with Gasteiger partial charge in [0.05, 0.1) is 11.7 Å². The third kappa shape index (κ3) is 4.07. The molecule has 1 amide bonds. The normalized spacial score (nSPS) is 20.9. The van der Waals surface area contributed by atoms with Crippen LogP contribution < -0.4 is 5.32 Å². The van der Waals surface area contributed by atoms with Crippen LogP contribution in [-0.2, 0) is 17.8 Å². The molecule has 36 heavy (non-hydrogen) atoms. The lowest BCUT2D eigenvalue weighted by molar-refractivity contribution is -0.140. The number of carbonyl (C=O) groups excluding carboxylic acids is 1. The minimum Gasteiger partial charge on any atom is -0.384 e. The molecule has 0 bridgehead atoms. The molecule has 2 N–H and O–H groups in total. The summed E-state index contributed by atoms with van der Waals surface area (Å²) in [5.74, 6) is 1.71. The third-order valence-corrected chi connectivity index (χ3v) is 7.65. The Hall–Kier alpha value is -3.59. The van der Waals surface area contributed by atoms with Gasteiger partial charge in [0.1, 0.15) is 17.6 Å². The summed E-state index contributed by atoms with van der Waals surface area (Å²) in [4.78, 5) is 32.6. The molecule has 186 valence electrons. The Labute approximate surface area is 209 Å². The summed E-state index contributed by atoms with van der Waals surface area (Å²) in [6.07, 6.45) is 10.1. The van der Waals surface area contributed by atoms with Gasteiger partial charge in [-0.25, -0.2) is 9.97 Å². The van der Waals surface area contributed by atoms with Crippen molar-refractivity contribution in [3.05, 3.63) is 48.0 Å². The number of aliphatic hydroxyl groups is 1. The summed E-state index contributed by atoms with van der Waals surface area (Å²) in [5, 5.41) is 15.1. The Bertz CT molecular complexity index is 1440. The summed E-state index contributed by atoms with van der Waals surface area (Å²) in [7, 11) is 0. The van der Waals surface area contributed by atoms with Crippen LogP contribution >= 0.6 is 0 Å². The number of amides is 1. The molecule has 1 aliphatic heterocycles. The van der Waals surface area contributed by atoms with Gasteiger partial charge in [0.25, 0.3) is 5.91 Å². The zero-order valence-electron chi connectivity index (χ0n) is 20.7. The quantitative estimate of drug-likeness (QED) is 0.447. The van der Waals surface area contributed by atoms with Crippen LogP contribution in [-0.4, -0.2) is 53.1 Å². The zero-order valence-corrected chi connectivity index (χ0v) is 20.7. The van der Waals surface area contributed by atoms with Gasteiger partial charge in [-0.1, -0.05) is 13.0 Å². The van der Waals surface area contributed by atoms with Crippen molar-refractivity contribution in [1.29, 1.82) is 0 Å². The Morgan fingerprint density at radius 3 is 2.75 bits per heavy atom. The Morgan fingerprint density at radius 1 is 1.11 bits per heavy atom. The fourth-order valence-electron chi connectivity index (χ4n) is 5.65. The molecule has 0 spiro atoms. The van der Waals surface area contributed by atoms with E-state index in [2.05, 4.69) is 26.8 Å². The number of hydrogen-bond acceptors (Lipinski definition) is 7. The molecule has 0 saturated heterocycles. The van der Waals surface area contributed by atoms with Gasteiger partial charge >= 0.3 is 0 Å². The van der Waals surface area contributed by atoms with Crippen molar-refractivity contribution in [3.8, 4) is 0 Å². The molecular weight excluding hydrogens is 454 g/mol. The molecule has 4 aromatic rings. The smallest absolute Gasteiger partial charge is 0.251 e. The van der Waals surface area contributed by atoms with E-state index < -0.39 is 6.10 Å². The molecule has 9 heteroatoms. The monoisotopic (exact) mass is 485 g/mol. The van der Waals surface area contributed by atoms with Crippen molar-refractivity contribution in [2.45, 2.75) is 64.6 Å². The van der Waals surface area contributed by atoms with Crippen molar-refractivity contribution < 1.29 is 9.90 Å². The minimum absolute atomic E-state index is 0.248. The lowest BCUT2D eigenvalue weighted by Gasteiger charge is -2.29. The van der Waals surface area contributed by atoms with Crippen LogP contribution in [0.3, 0.4) is 0 Å². The van der Waals surface area contributed by atoms with Crippen LogP contribution in [0.1, 0.15) is 56.8 Å². The Kier molecular flexibility index (Phi) is 5.79. The van der Waals surface area contributed by atoms with E-state index in [1.807, 2.05) is 36.8 Å². The molecule has 0 aromatic carbocycles. The highest BCUT2D eigenvalue weighted by Crippen LogP contribution is 2.38. The van der Waals surface area contributed by atoms with E-state index >= 15 is 0 Å². The van der Waals surface area contributed by atoms with Crippen LogP contribution in [0.4, 0.5) is 11.8 Å². The predicted octanol–water partition coefficient (Wildman–Crippen LogP) is 4.13. The van der Waals surface area contributed by atoms with Crippen molar-refractivity contribution >= 4 is 39.6 Å². The van der Waals surface area contributed by atoms with Gasteiger partial charge in [-0.15, -0.1) is 0 Å². The fraction of sp³-hybridized carbons (Fsp3) is 0.444. The summed E-state index contributed by atoms with van der Waals surface area (Å²) in [5.41, 5.74) is 3.99. The van der Waals surface area contributed by atoms with Gasteiger partial charge in [-0.3, -0.25) is 9.78 Å². The van der Waals surface area contributed by atoms with Gasteiger partial charge in [0.15, 0.2) is 0 Å². The first-order chi connectivity index (χ1) is 17.5. The average Bonchev–Trinajstić information content (AvgIpc) is 3.22. The number of nitrogens with zero attached hydrogens (tertiary/aromatic N) is 6. The molecular formula is C27H31N7O2. The number of carbonyl (C=O) groups is 1. The lowest BCUT2D eigenvalue weighted by Crippen LogP contribution is -2.41. The number of rotatable bonds is 4. The number of anilines is 2. The molecule has 1 fully saturated rings. The second-order valence-corrected chi connectivity index (χ2v) is 10.2. The summed E-state index contributed by atoms with van der Waals surface area (Å²) in [6.45, 7) is 4.85. The minimum atomic E-state index is -0.990. The van der Waals surface area contributed by atoms with Crippen LogP contribution in [0.5, 0.6) is 0 Å². The molecule has 2 aliphatic rings.